The molecule has 0 amide bonds. The molecular weight excluding hydrogens is 544 g/mol. The van der Waals surface area contributed by atoms with E-state index in [0.717, 1.165) is 65.0 Å². The quantitative estimate of drug-likeness (QED) is 0.209. The second-order valence-electron chi connectivity index (χ2n) is 12.0. The van der Waals surface area contributed by atoms with Gasteiger partial charge in [0.1, 0.15) is 11.5 Å². The highest BCUT2D eigenvalue weighted by Gasteiger charge is 2.20. The average molecular weight is 587 g/mol. The Balaban J connectivity index is 1.06. The van der Waals surface area contributed by atoms with Gasteiger partial charge in [-0.1, -0.05) is 84.9 Å². The number of hydrogen-bond donors (Lipinski definition) is 2. The minimum absolute atomic E-state index is 0.132. The number of para-hydroxylation sites is 2. The molecule has 0 saturated carbocycles. The molecule has 4 aromatic rings. The molecule has 6 heteroatoms. The van der Waals surface area contributed by atoms with Crippen LogP contribution in [0.4, 0.5) is 0 Å². The van der Waals surface area contributed by atoms with Gasteiger partial charge in [-0.05, 0) is 48.9 Å². The number of phenolic OH excluding ortho intramolecular Hbond substituents is 2. The summed E-state index contributed by atoms with van der Waals surface area (Å²) in [6.07, 6.45) is 7.58. The van der Waals surface area contributed by atoms with Crippen molar-refractivity contribution in [1.82, 2.24) is 9.80 Å². The average Bonchev–Trinajstić information content (AvgIpc) is 3.06. The summed E-state index contributed by atoms with van der Waals surface area (Å²) in [5.74, 6) is 0.265. The Labute approximate surface area is 261 Å². The zero-order valence-electron chi connectivity index (χ0n) is 25.3. The van der Waals surface area contributed by atoms with Crippen LogP contribution in [0.25, 0.3) is 11.1 Å². The van der Waals surface area contributed by atoms with Crippen LogP contribution in [0.2, 0.25) is 0 Å². The first kappa shape index (κ1) is 29.8. The lowest BCUT2D eigenvalue weighted by atomic mass is 9.98. The molecule has 0 spiro atoms. The number of nitrogens with zero attached hydrogens (tertiary/aromatic N) is 4. The van der Waals surface area contributed by atoms with E-state index in [0.29, 0.717) is 22.3 Å². The fraction of sp³-hybridized carbons (Fsp3) is 0.316. The van der Waals surface area contributed by atoms with E-state index < -0.39 is 0 Å². The van der Waals surface area contributed by atoms with E-state index in [4.69, 9.17) is 9.98 Å². The minimum atomic E-state index is 0.132. The van der Waals surface area contributed by atoms with Gasteiger partial charge in [-0.3, -0.25) is 19.8 Å². The largest absolute Gasteiger partial charge is 0.507 e. The Bertz CT molecular complexity index is 1440. The molecule has 0 unspecified atom stereocenters. The van der Waals surface area contributed by atoms with E-state index in [9.17, 15) is 10.2 Å². The van der Waals surface area contributed by atoms with Crippen molar-refractivity contribution in [2.45, 2.75) is 50.9 Å². The fourth-order valence-corrected chi connectivity index (χ4v) is 6.27. The van der Waals surface area contributed by atoms with Crippen molar-refractivity contribution in [1.29, 1.82) is 0 Å². The first-order valence-electron chi connectivity index (χ1n) is 15.9. The van der Waals surface area contributed by atoms with E-state index in [1.165, 1.54) is 11.1 Å². The van der Waals surface area contributed by atoms with Gasteiger partial charge in [0, 0.05) is 74.0 Å². The predicted molar refractivity (Wildman–Crippen MR) is 180 cm³/mol. The molecule has 2 aliphatic rings. The smallest absolute Gasteiger partial charge is 0.132 e. The van der Waals surface area contributed by atoms with Crippen LogP contribution in [-0.2, 0) is 13.1 Å². The van der Waals surface area contributed by atoms with E-state index in [2.05, 4.69) is 70.5 Å². The van der Waals surface area contributed by atoms with Gasteiger partial charge in [-0.15, -0.1) is 0 Å². The van der Waals surface area contributed by atoms with Gasteiger partial charge in [0.2, 0.25) is 0 Å². The summed E-state index contributed by atoms with van der Waals surface area (Å²) >= 11 is 0. The maximum Gasteiger partial charge on any atom is 0.132 e. The Kier molecular flexibility index (Phi) is 9.80. The number of likely N-dealkylation sites (tertiary alicyclic amines) is 2. The van der Waals surface area contributed by atoms with Gasteiger partial charge < -0.3 is 10.2 Å². The second kappa shape index (κ2) is 14.5. The Morgan fingerprint density at radius 3 is 1.30 bits per heavy atom. The molecule has 2 fully saturated rings. The number of aliphatic imine (C=N–C) groups is 2. The van der Waals surface area contributed by atoms with Gasteiger partial charge in [0.25, 0.3) is 0 Å². The third kappa shape index (κ3) is 7.62. The summed E-state index contributed by atoms with van der Waals surface area (Å²) in [6.45, 7) is 5.99. The highest BCUT2D eigenvalue weighted by Crippen LogP contribution is 2.38. The van der Waals surface area contributed by atoms with Gasteiger partial charge in [0.05, 0.1) is 12.1 Å². The first-order chi connectivity index (χ1) is 21.6. The molecule has 2 saturated heterocycles. The van der Waals surface area contributed by atoms with E-state index in [1.807, 2.05) is 36.4 Å². The Morgan fingerprint density at radius 2 is 0.909 bits per heavy atom. The SMILES string of the molecule is Oc1c(C=NC2CCN(Cc3ccccc3)CC2)cccc1-c1cccc(C=NC2CCN(Cc3ccccc3)CC2)c1O. The second-order valence-corrected chi connectivity index (χ2v) is 12.0. The van der Waals surface area contributed by atoms with Crippen molar-refractivity contribution in [2.75, 3.05) is 26.2 Å². The van der Waals surface area contributed by atoms with Crippen molar-refractivity contribution < 1.29 is 10.2 Å². The molecule has 2 N–H and O–H groups in total. The highest BCUT2D eigenvalue weighted by molar-refractivity contribution is 5.93. The molecular formula is C38H42N4O2. The van der Waals surface area contributed by atoms with Crippen molar-refractivity contribution in [3.05, 3.63) is 119 Å². The maximum absolute atomic E-state index is 11.2. The summed E-state index contributed by atoms with van der Waals surface area (Å²) in [5, 5.41) is 22.4. The van der Waals surface area contributed by atoms with Gasteiger partial charge in [-0.25, -0.2) is 0 Å². The predicted octanol–water partition coefficient (Wildman–Crippen LogP) is 6.93. The zero-order chi connectivity index (χ0) is 30.1. The number of hydrogen-bond acceptors (Lipinski definition) is 6. The third-order valence-corrected chi connectivity index (χ3v) is 8.89. The van der Waals surface area contributed by atoms with Gasteiger partial charge >= 0.3 is 0 Å². The van der Waals surface area contributed by atoms with E-state index in [1.54, 1.807) is 12.4 Å². The van der Waals surface area contributed by atoms with Crippen LogP contribution in [0.1, 0.15) is 47.9 Å². The number of benzene rings is 4. The summed E-state index contributed by atoms with van der Waals surface area (Å²) < 4.78 is 0. The summed E-state index contributed by atoms with van der Waals surface area (Å²) in [4.78, 5) is 14.6. The number of aromatic hydroxyl groups is 2. The van der Waals surface area contributed by atoms with Crippen LogP contribution in [0, 0.1) is 0 Å². The molecule has 4 aromatic carbocycles. The molecule has 226 valence electrons. The standard InChI is InChI=1S/C38H42N4O2/c43-37-31(25-39-33-17-21-41(22-18-33)27-29-9-3-1-4-10-29)13-7-15-35(37)36-16-8-14-32(38(36)44)26-40-34-19-23-42(24-20-34)28-30-11-5-2-6-12-30/h1-16,25-26,33-34,43-44H,17-24,27-28H2. The zero-order valence-corrected chi connectivity index (χ0v) is 25.3. The fourth-order valence-electron chi connectivity index (χ4n) is 6.27. The summed E-state index contributed by atoms with van der Waals surface area (Å²) in [5.41, 5.74) is 5.19. The van der Waals surface area contributed by atoms with Gasteiger partial charge in [-0.2, -0.15) is 0 Å². The van der Waals surface area contributed by atoms with Crippen LogP contribution in [0.3, 0.4) is 0 Å². The third-order valence-electron chi connectivity index (χ3n) is 8.89. The number of piperidine rings is 2. The minimum Gasteiger partial charge on any atom is -0.507 e. The Morgan fingerprint density at radius 1 is 0.523 bits per heavy atom. The topological polar surface area (TPSA) is 71.7 Å². The highest BCUT2D eigenvalue weighted by atomic mass is 16.3. The normalized spacial score (nSPS) is 17.5. The molecule has 6 rings (SSSR count). The summed E-state index contributed by atoms with van der Waals surface area (Å²) in [6, 6.07) is 32.9. The lowest BCUT2D eigenvalue weighted by molar-refractivity contribution is 0.206. The van der Waals surface area contributed by atoms with Crippen molar-refractivity contribution in [3.63, 3.8) is 0 Å². The number of phenols is 2. The molecule has 0 aliphatic carbocycles. The molecule has 2 heterocycles. The summed E-state index contributed by atoms with van der Waals surface area (Å²) in [7, 11) is 0. The van der Waals surface area contributed by atoms with E-state index in [-0.39, 0.29) is 23.6 Å². The van der Waals surface area contributed by atoms with Crippen molar-refractivity contribution in [2.24, 2.45) is 9.98 Å². The first-order valence-corrected chi connectivity index (χ1v) is 15.9. The number of rotatable bonds is 9. The monoisotopic (exact) mass is 586 g/mol. The van der Waals surface area contributed by atoms with Crippen LogP contribution in [-0.4, -0.2) is 70.7 Å². The lowest BCUT2D eigenvalue weighted by Crippen LogP contribution is -2.34. The maximum atomic E-state index is 11.2. The lowest BCUT2D eigenvalue weighted by Gasteiger charge is -2.30. The van der Waals surface area contributed by atoms with Crippen molar-refractivity contribution in [3.8, 4) is 22.6 Å². The molecule has 2 aliphatic heterocycles. The molecule has 0 bridgehead atoms. The van der Waals surface area contributed by atoms with Crippen LogP contribution in [0.15, 0.2) is 107 Å². The van der Waals surface area contributed by atoms with Crippen LogP contribution >= 0.6 is 0 Å². The van der Waals surface area contributed by atoms with E-state index >= 15 is 0 Å². The van der Waals surface area contributed by atoms with Gasteiger partial charge in [0.15, 0.2) is 0 Å². The molecule has 0 radical (unpaired) electrons. The van der Waals surface area contributed by atoms with Crippen LogP contribution in [0.5, 0.6) is 11.5 Å². The van der Waals surface area contributed by atoms with Crippen molar-refractivity contribution >= 4 is 12.4 Å². The molecule has 44 heavy (non-hydrogen) atoms. The Hall–Kier alpha value is -4.26. The molecule has 0 aromatic heterocycles. The molecule has 0 atom stereocenters. The van der Waals surface area contributed by atoms with Crippen LogP contribution < -0.4 is 0 Å². The molecule has 6 nitrogen and oxygen atoms in total.